The van der Waals surface area contributed by atoms with Gasteiger partial charge < -0.3 is 10.6 Å². The number of para-hydroxylation sites is 2. The van der Waals surface area contributed by atoms with Crippen LogP contribution >= 0.6 is 0 Å². The summed E-state index contributed by atoms with van der Waals surface area (Å²) in [5, 5.41) is 2.29. The lowest BCUT2D eigenvalue weighted by Gasteiger charge is -2.34. The molecule has 0 aromatic heterocycles. The summed E-state index contributed by atoms with van der Waals surface area (Å²) >= 11 is 0. The lowest BCUT2D eigenvalue weighted by atomic mass is 10.2. The summed E-state index contributed by atoms with van der Waals surface area (Å²) in [5.74, 6) is -5.69. The third-order valence-electron chi connectivity index (χ3n) is 2.94. The summed E-state index contributed by atoms with van der Waals surface area (Å²) in [6.45, 7) is 0. The summed E-state index contributed by atoms with van der Waals surface area (Å²) in [6.07, 6.45) is 0. The predicted octanol–water partition coefficient (Wildman–Crippen LogP) is 5.03. The molecule has 0 atom stereocenters. The van der Waals surface area contributed by atoms with Crippen molar-refractivity contribution in [2.45, 2.75) is 18.0 Å². The highest BCUT2D eigenvalue weighted by Crippen LogP contribution is 2.46. The molecule has 0 unspecified atom stereocenters. The highest BCUT2D eigenvalue weighted by atomic mass is 19.3. The number of rotatable bonds is 6. The van der Waals surface area contributed by atoms with Gasteiger partial charge >= 0.3 is 18.0 Å². The van der Waals surface area contributed by atoms with E-state index < -0.39 is 29.4 Å². The summed E-state index contributed by atoms with van der Waals surface area (Å²) in [4.78, 5) is 0. The Morgan fingerprint density at radius 3 is 1.13 bits per heavy atom. The highest BCUT2D eigenvalue weighted by Gasteiger charge is 2.72. The van der Waals surface area contributed by atoms with E-state index in [0.717, 1.165) is 34.9 Å². The molecule has 0 radical (unpaired) electrons. The van der Waals surface area contributed by atoms with Crippen LogP contribution in [0.15, 0.2) is 60.7 Å². The molecule has 2 rings (SSSR count). The number of nitrogens with one attached hydrogen (secondary N) is 2. The second-order valence-corrected chi connectivity index (χ2v) is 4.71. The molecule has 0 saturated heterocycles. The predicted molar refractivity (Wildman–Crippen MR) is 75.0 cm³/mol. The van der Waals surface area contributed by atoms with Crippen LogP contribution in [0.25, 0.3) is 0 Å². The Morgan fingerprint density at radius 2 is 0.826 bits per heavy atom. The van der Waals surface area contributed by atoms with Gasteiger partial charge in [-0.2, -0.15) is 26.3 Å². The lowest BCUT2D eigenvalue weighted by Crippen LogP contribution is -2.60. The Morgan fingerprint density at radius 1 is 0.522 bits per heavy atom. The summed E-state index contributed by atoms with van der Waals surface area (Å²) < 4.78 is 82.3. The number of halogens is 6. The molecule has 0 heterocycles. The topological polar surface area (TPSA) is 24.1 Å². The van der Waals surface area contributed by atoms with Gasteiger partial charge in [0.2, 0.25) is 0 Å². The van der Waals surface area contributed by atoms with Crippen LogP contribution in [-0.4, -0.2) is 18.0 Å². The Labute approximate surface area is 128 Å². The molecular weight excluding hydrogens is 322 g/mol. The van der Waals surface area contributed by atoms with Crippen molar-refractivity contribution in [3.63, 3.8) is 0 Å². The molecule has 2 nitrogen and oxygen atoms in total. The van der Waals surface area contributed by atoms with Gasteiger partial charge in [0.25, 0.3) is 0 Å². The van der Waals surface area contributed by atoms with Gasteiger partial charge in [-0.25, -0.2) is 0 Å². The van der Waals surface area contributed by atoms with Crippen molar-refractivity contribution in [3.8, 4) is 0 Å². The van der Waals surface area contributed by atoms with E-state index in [2.05, 4.69) is 0 Å². The minimum Gasteiger partial charge on any atom is -0.322 e. The van der Waals surface area contributed by atoms with Crippen molar-refractivity contribution in [2.75, 3.05) is 10.6 Å². The highest BCUT2D eigenvalue weighted by molar-refractivity contribution is 5.47. The van der Waals surface area contributed by atoms with E-state index in [1.165, 1.54) is 36.4 Å². The van der Waals surface area contributed by atoms with Crippen molar-refractivity contribution in [2.24, 2.45) is 0 Å². The first-order valence-electron chi connectivity index (χ1n) is 6.46. The van der Waals surface area contributed by atoms with Gasteiger partial charge in [0.15, 0.2) is 0 Å². The third kappa shape index (κ3) is 3.52. The zero-order chi connectivity index (χ0) is 17.1. The second kappa shape index (κ2) is 6.02. The molecule has 2 aromatic carbocycles. The quantitative estimate of drug-likeness (QED) is 0.572. The standard InChI is InChI=1S/C15H12F6N2/c16-13(17,14(18,19)22-11-7-3-1-4-8-11)15(20,21)23-12-9-5-2-6-10-12/h1-10,22-23H. The number of anilines is 2. The van der Waals surface area contributed by atoms with E-state index in [-0.39, 0.29) is 0 Å². The van der Waals surface area contributed by atoms with E-state index in [0.29, 0.717) is 0 Å². The van der Waals surface area contributed by atoms with Gasteiger partial charge in [-0.05, 0) is 24.3 Å². The van der Waals surface area contributed by atoms with Crippen molar-refractivity contribution in [3.05, 3.63) is 60.7 Å². The fraction of sp³-hybridized carbons (Fsp3) is 0.200. The van der Waals surface area contributed by atoms with Crippen molar-refractivity contribution >= 4 is 11.4 Å². The second-order valence-electron chi connectivity index (χ2n) is 4.71. The first kappa shape index (κ1) is 17.0. The molecule has 0 saturated carbocycles. The average Bonchev–Trinajstić information content (AvgIpc) is 2.48. The van der Waals surface area contributed by atoms with E-state index >= 15 is 0 Å². The van der Waals surface area contributed by atoms with E-state index in [4.69, 9.17) is 0 Å². The van der Waals surface area contributed by atoms with Crippen LogP contribution in [0.2, 0.25) is 0 Å². The number of hydrogen-bond acceptors (Lipinski definition) is 2. The fourth-order valence-corrected chi connectivity index (χ4v) is 1.76. The minimum atomic E-state index is -5.69. The maximum Gasteiger partial charge on any atom is 0.411 e. The third-order valence-corrected chi connectivity index (χ3v) is 2.94. The Hall–Kier alpha value is -2.38. The minimum absolute atomic E-state index is 0.410. The molecule has 2 aromatic rings. The van der Waals surface area contributed by atoms with Gasteiger partial charge in [0, 0.05) is 11.4 Å². The van der Waals surface area contributed by atoms with Crippen LogP contribution in [0.1, 0.15) is 0 Å². The first-order chi connectivity index (χ1) is 10.7. The molecule has 0 aliphatic heterocycles. The molecule has 23 heavy (non-hydrogen) atoms. The fourth-order valence-electron chi connectivity index (χ4n) is 1.76. The van der Waals surface area contributed by atoms with Gasteiger partial charge in [0.05, 0.1) is 0 Å². The molecule has 2 N–H and O–H groups in total. The van der Waals surface area contributed by atoms with Crippen LogP contribution in [0, 0.1) is 0 Å². The zero-order valence-electron chi connectivity index (χ0n) is 11.5. The van der Waals surface area contributed by atoms with Crippen molar-refractivity contribution in [1.29, 1.82) is 0 Å². The summed E-state index contributed by atoms with van der Waals surface area (Å²) in [7, 11) is 0. The first-order valence-corrected chi connectivity index (χ1v) is 6.46. The van der Waals surface area contributed by atoms with Gasteiger partial charge in [-0.1, -0.05) is 36.4 Å². The van der Waals surface area contributed by atoms with Crippen LogP contribution in [0.5, 0.6) is 0 Å². The zero-order valence-corrected chi connectivity index (χ0v) is 11.5. The summed E-state index contributed by atoms with van der Waals surface area (Å²) in [5.41, 5.74) is -0.819. The smallest absolute Gasteiger partial charge is 0.322 e. The Bertz CT molecular complexity index is 575. The van der Waals surface area contributed by atoms with Crippen molar-refractivity contribution in [1.82, 2.24) is 0 Å². The van der Waals surface area contributed by atoms with Crippen LogP contribution in [0.4, 0.5) is 37.7 Å². The normalized spacial score (nSPS) is 12.8. The average molecular weight is 334 g/mol. The Kier molecular flexibility index (Phi) is 4.44. The van der Waals surface area contributed by atoms with E-state index in [9.17, 15) is 26.3 Å². The van der Waals surface area contributed by atoms with E-state index in [1.807, 2.05) is 0 Å². The number of hydrogen-bond donors (Lipinski definition) is 2. The Balaban J connectivity index is 2.23. The maximum atomic E-state index is 13.7. The molecule has 0 spiro atoms. The van der Waals surface area contributed by atoms with Crippen LogP contribution < -0.4 is 10.6 Å². The van der Waals surface area contributed by atoms with Crippen molar-refractivity contribution < 1.29 is 26.3 Å². The molecule has 8 heteroatoms. The van der Waals surface area contributed by atoms with Gasteiger partial charge in [-0.3, -0.25) is 0 Å². The molecule has 0 aliphatic carbocycles. The number of benzene rings is 2. The molecule has 0 amide bonds. The number of alkyl halides is 6. The molecule has 0 fully saturated rings. The van der Waals surface area contributed by atoms with E-state index in [1.54, 1.807) is 0 Å². The largest absolute Gasteiger partial charge is 0.411 e. The SMILES string of the molecule is FC(F)(Nc1ccccc1)C(F)(F)C(F)(F)Nc1ccccc1. The van der Waals surface area contributed by atoms with Gasteiger partial charge in [0.1, 0.15) is 0 Å². The molecular formula is C15H12F6N2. The molecule has 124 valence electrons. The van der Waals surface area contributed by atoms with Crippen LogP contribution in [0.3, 0.4) is 0 Å². The lowest BCUT2D eigenvalue weighted by molar-refractivity contribution is -0.288. The van der Waals surface area contributed by atoms with Gasteiger partial charge in [-0.15, -0.1) is 0 Å². The monoisotopic (exact) mass is 334 g/mol. The van der Waals surface area contributed by atoms with Crippen LogP contribution in [-0.2, 0) is 0 Å². The molecule has 0 aliphatic rings. The summed E-state index contributed by atoms with van der Waals surface area (Å²) in [6, 6.07) is 2.03. The maximum absolute atomic E-state index is 13.7. The molecule has 0 bridgehead atoms.